The molecule has 0 spiro atoms. The summed E-state index contributed by atoms with van der Waals surface area (Å²) in [6, 6.07) is 10.6. The van der Waals surface area contributed by atoms with Crippen LogP contribution in [-0.2, 0) is 19.5 Å². The van der Waals surface area contributed by atoms with Crippen LogP contribution in [0.1, 0.15) is 50.8 Å². The van der Waals surface area contributed by atoms with Gasteiger partial charge in [0.1, 0.15) is 0 Å². The summed E-state index contributed by atoms with van der Waals surface area (Å²) in [7, 11) is 0. The summed E-state index contributed by atoms with van der Waals surface area (Å²) in [6.45, 7) is 11.5. The topological polar surface area (TPSA) is 40.2 Å². The van der Waals surface area contributed by atoms with Gasteiger partial charge in [-0.1, -0.05) is 6.07 Å². The molecule has 2 heterocycles. The van der Waals surface area contributed by atoms with Crippen molar-refractivity contribution in [2.45, 2.75) is 65.8 Å². The van der Waals surface area contributed by atoms with Crippen LogP contribution < -0.4 is 18.9 Å². The average Bonchev–Trinajstić information content (AvgIpc) is 3.26. The molecule has 0 amide bonds. The van der Waals surface area contributed by atoms with Crippen LogP contribution in [0.5, 0.6) is 23.0 Å². The standard InChI is InChI=1S/C24H31NO4/c1-16(2)28-21-8-7-18(10-24(21)29-17(3)4)6-5-9-25-13-19-11-22-23(27-15-26-22)12-20(19)14-25/h7-8,10-12,16-17H,5-6,9,13-15H2,1-4H3. The molecule has 2 aromatic rings. The number of hydrogen-bond acceptors (Lipinski definition) is 5. The van der Waals surface area contributed by atoms with E-state index in [1.54, 1.807) is 0 Å². The van der Waals surface area contributed by atoms with Gasteiger partial charge < -0.3 is 18.9 Å². The number of aryl methyl sites for hydroxylation is 1. The van der Waals surface area contributed by atoms with E-state index in [0.29, 0.717) is 6.79 Å². The molecule has 0 saturated carbocycles. The molecule has 0 atom stereocenters. The van der Waals surface area contributed by atoms with Crippen molar-refractivity contribution in [3.63, 3.8) is 0 Å². The Morgan fingerprint density at radius 3 is 2.10 bits per heavy atom. The number of rotatable bonds is 8. The zero-order chi connectivity index (χ0) is 20.4. The van der Waals surface area contributed by atoms with Crippen LogP contribution in [0.2, 0.25) is 0 Å². The highest BCUT2D eigenvalue weighted by Crippen LogP contribution is 2.38. The van der Waals surface area contributed by atoms with E-state index >= 15 is 0 Å². The SMILES string of the molecule is CC(C)Oc1ccc(CCCN2Cc3cc4c(cc3C2)OCO4)cc1OC(C)C. The lowest BCUT2D eigenvalue weighted by atomic mass is 10.1. The third-order valence-corrected chi connectivity index (χ3v) is 5.16. The number of fused-ring (bicyclic) bond motifs is 2. The molecule has 2 aliphatic rings. The first kappa shape index (κ1) is 19.9. The summed E-state index contributed by atoms with van der Waals surface area (Å²) >= 11 is 0. The van der Waals surface area contributed by atoms with Gasteiger partial charge in [0, 0.05) is 13.1 Å². The molecular weight excluding hydrogens is 366 g/mol. The molecule has 156 valence electrons. The lowest BCUT2D eigenvalue weighted by Gasteiger charge is -2.18. The van der Waals surface area contributed by atoms with Crippen LogP contribution in [0.25, 0.3) is 0 Å². The fraction of sp³-hybridized carbons (Fsp3) is 0.500. The Balaban J connectivity index is 1.33. The van der Waals surface area contributed by atoms with E-state index in [1.165, 1.54) is 16.7 Å². The van der Waals surface area contributed by atoms with E-state index in [9.17, 15) is 0 Å². The quantitative estimate of drug-likeness (QED) is 0.631. The Morgan fingerprint density at radius 2 is 1.48 bits per heavy atom. The summed E-state index contributed by atoms with van der Waals surface area (Å²) in [5, 5.41) is 0. The fourth-order valence-electron chi connectivity index (χ4n) is 3.93. The van der Waals surface area contributed by atoms with Gasteiger partial charge in [-0.3, -0.25) is 4.90 Å². The normalized spacial score (nSPS) is 15.2. The first-order valence-corrected chi connectivity index (χ1v) is 10.6. The molecule has 0 N–H and O–H groups in total. The third kappa shape index (κ3) is 4.78. The van der Waals surface area contributed by atoms with Crippen LogP contribution in [0.15, 0.2) is 30.3 Å². The third-order valence-electron chi connectivity index (χ3n) is 5.16. The van der Waals surface area contributed by atoms with Crippen LogP contribution in [0.4, 0.5) is 0 Å². The van der Waals surface area contributed by atoms with Gasteiger partial charge in [0.2, 0.25) is 6.79 Å². The van der Waals surface area contributed by atoms with E-state index in [1.807, 2.05) is 33.8 Å². The predicted octanol–water partition coefficient (Wildman–Crippen LogP) is 4.94. The fourth-order valence-corrected chi connectivity index (χ4v) is 3.93. The zero-order valence-electron chi connectivity index (χ0n) is 17.9. The van der Waals surface area contributed by atoms with Gasteiger partial charge in [-0.2, -0.15) is 0 Å². The summed E-state index contributed by atoms with van der Waals surface area (Å²) < 4.78 is 22.9. The number of hydrogen-bond donors (Lipinski definition) is 0. The van der Waals surface area contributed by atoms with Crippen molar-refractivity contribution in [3.05, 3.63) is 47.0 Å². The van der Waals surface area contributed by atoms with Crippen molar-refractivity contribution in [2.75, 3.05) is 13.3 Å². The van der Waals surface area contributed by atoms with Gasteiger partial charge in [-0.25, -0.2) is 0 Å². The van der Waals surface area contributed by atoms with Crippen molar-refractivity contribution in [1.82, 2.24) is 4.90 Å². The van der Waals surface area contributed by atoms with Gasteiger partial charge in [-0.05, 0) is 88.0 Å². The average molecular weight is 398 g/mol. The van der Waals surface area contributed by atoms with E-state index in [4.69, 9.17) is 18.9 Å². The minimum absolute atomic E-state index is 0.123. The molecule has 0 unspecified atom stereocenters. The molecule has 29 heavy (non-hydrogen) atoms. The molecule has 0 aromatic heterocycles. The predicted molar refractivity (Wildman–Crippen MR) is 113 cm³/mol. The minimum Gasteiger partial charge on any atom is -0.487 e. The molecule has 0 radical (unpaired) electrons. The summed E-state index contributed by atoms with van der Waals surface area (Å²) in [5.41, 5.74) is 4.00. The maximum absolute atomic E-state index is 5.99. The Labute approximate surface area is 173 Å². The van der Waals surface area contributed by atoms with Gasteiger partial charge in [0.05, 0.1) is 12.2 Å². The van der Waals surface area contributed by atoms with Crippen molar-refractivity contribution >= 4 is 0 Å². The Kier molecular flexibility index (Phi) is 5.86. The molecule has 0 fully saturated rings. The van der Waals surface area contributed by atoms with Gasteiger partial charge in [0.15, 0.2) is 23.0 Å². The molecule has 5 nitrogen and oxygen atoms in total. The highest BCUT2D eigenvalue weighted by atomic mass is 16.7. The Hall–Kier alpha value is -2.40. The van der Waals surface area contributed by atoms with E-state index in [-0.39, 0.29) is 12.2 Å². The van der Waals surface area contributed by atoms with Crippen molar-refractivity contribution in [1.29, 1.82) is 0 Å². The first-order valence-electron chi connectivity index (χ1n) is 10.6. The van der Waals surface area contributed by atoms with E-state index < -0.39 is 0 Å². The maximum atomic E-state index is 5.99. The largest absolute Gasteiger partial charge is 0.487 e. The second-order valence-corrected chi connectivity index (χ2v) is 8.40. The van der Waals surface area contributed by atoms with Crippen LogP contribution in [0.3, 0.4) is 0 Å². The smallest absolute Gasteiger partial charge is 0.231 e. The van der Waals surface area contributed by atoms with Crippen molar-refractivity contribution in [3.8, 4) is 23.0 Å². The minimum atomic E-state index is 0.123. The lowest BCUT2D eigenvalue weighted by Crippen LogP contribution is -2.18. The molecule has 0 bridgehead atoms. The van der Waals surface area contributed by atoms with E-state index in [2.05, 4.69) is 29.2 Å². The first-order chi connectivity index (χ1) is 14.0. The number of benzene rings is 2. The van der Waals surface area contributed by atoms with Gasteiger partial charge in [-0.15, -0.1) is 0 Å². The molecular formula is C24H31NO4. The zero-order valence-corrected chi connectivity index (χ0v) is 17.9. The van der Waals surface area contributed by atoms with Crippen LogP contribution >= 0.6 is 0 Å². The van der Waals surface area contributed by atoms with Crippen molar-refractivity contribution < 1.29 is 18.9 Å². The Morgan fingerprint density at radius 1 is 0.862 bits per heavy atom. The highest BCUT2D eigenvalue weighted by Gasteiger charge is 2.24. The molecule has 4 rings (SSSR count). The summed E-state index contributed by atoms with van der Waals surface area (Å²) in [6.07, 6.45) is 2.37. The summed E-state index contributed by atoms with van der Waals surface area (Å²) in [4.78, 5) is 2.49. The van der Waals surface area contributed by atoms with Crippen LogP contribution in [-0.4, -0.2) is 30.4 Å². The second kappa shape index (κ2) is 8.54. The Bertz CT molecular complexity index is 829. The maximum Gasteiger partial charge on any atom is 0.231 e. The van der Waals surface area contributed by atoms with Crippen LogP contribution in [0, 0.1) is 0 Å². The van der Waals surface area contributed by atoms with Crippen molar-refractivity contribution in [2.24, 2.45) is 0 Å². The number of ether oxygens (including phenoxy) is 4. The molecule has 0 aliphatic carbocycles. The van der Waals surface area contributed by atoms with Gasteiger partial charge >= 0.3 is 0 Å². The molecule has 2 aromatic carbocycles. The van der Waals surface area contributed by atoms with Gasteiger partial charge in [0.25, 0.3) is 0 Å². The number of nitrogens with zero attached hydrogens (tertiary/aromatic N) is 1. The monoisotopic (exact) mass is 397 g/mol. The highest BCUT2D eigenvalue weighted by molar-refractivity contribution is 5.50. The summed E-state index contributed by atoms with van der Waals surface area (Å²) in [5.74, 6) is 3.43. The lowest BCUT2D eigenvalue weighted by molar-refractivity contribution is 0.173. The molecule has 2 aliphatic heterocycles. The van der Waals surface area contributed by atoms with E-state index in [0.717, 1.165) is 55.5 Å². The molecule has 0 saturated heterocycles. The molecule has 5 heteroatoms. The second-order valence-electron chi connectivity index (χ2n) is 8.40.